The summed E-state index contributed by atoms with van der Waals surface area (Å²) in [5.41, 5.74) is 2.53. The van der Waals surface area contributed by atoms with E-state index in [4.69, 9.17) is 4.74 Å². The number of hydrogen-bond acceptors (Lipinski definition) is 5. The number of benzene rings is 2. The van der Waals surface area contributed by atoms with Gasteiger partial charge in [0, 0.05) is 23.6 Å². The standard InChI is InChI=1S/C22H22N4O4S/c1-16-13-19(8-11-21(16)30-3)25-31(28,29)20-9-6-18(7-10-20)24-22(27)26(2)15-17-5-4-12-23-14-17/h4-14,25H,2,15H2,1,3H3/p+1. The molecule has 160 valence electrons. The first-order valence-electron chi connectivity index (χ1n) is 9.34. The Morgan fingerprint density at radius 2 is 1.84 bits per heavy atom. The minimum Gasteiger partial charge on any atom is -0.496 e. The number of urea groups is 1. The highest BCUT2D eigenvalue weighted by Crippen LogP contribution is 2.24. The fourth-order valence-corrected chi connectivity index (χ4v) is 3.91. The predicted molar refractivity (Wildman–Crippen MR) is 119 cm³/mol. The van der Waals surface area contributed by atoms with E-state index >= 15 is 0 Å². The second kappa shape index (κ2) is 9.40. The lowest BCUT2D eigenvalue weighted by molar-refractivity contribution is -0.431. The first-order chi connectivity index (χ1) is 14.8. The molecule has 0 aliphatic carbocycles. The van der Waals surface area contributed by atoms with Gasteiger partial charge in [0.2, 0.25) is 0 Å². The lowest BCUT2D eigenvalue weighted by atomic mass is 10.2. The van der Waals surface area contributed by atoms with Crippen LogP contribution >= 0.6 is 0 Å². The number of aromatic nitrogens is 1. The van der Waals surface area contributed by atoms with Crippen molar-refractivity contribution < 1.29 is 22.5 Å². The molecule has 0 aliphatic rings. The SMILES string of the molecule is C=[N+](Cc1cccnc1)C(=O)Nc1ccc(S(=O)(=O)Nc2ccc(OC)c(C)c2)cc1. The molecule has 0 saturated carbocycles. The molecular weight excluding hydrogens is 416 g/mol. The molecule has 0 unspecified atom stereocenters. The van der Waals surface area contributed by atoms with Crippen LogP contribution in [0.15, 0.2) is 71.9 Å². The zero-order valence-electron chi connectivity index (χ0n) is 17.2. The minimum absolute atomic E-state index is 0.0702. The molecule has 0 spiro atoms. The molecule has 0 fully saturated rings. The molecule has 0 aliphatic heterocycles. The van der Waals surface area contributed by atoms with Crippen LogP contribution in [0.2, 0.25) is 0 Å². The van der Waals surface area contributed by atoms with Crippen molar-refractivity contribution in [3.8, 4) is 5.75 Å². The van der Waals surface area contributed by atoms with Gasteiger partial charge in [-0.3, -0.25) is 9.71 Å². The smallest absolute Gasteiger partial charge is 0.495 e. The number of carbonyl (C=O) groups excluding carboxylic acids is 1. The average molecular weight is 440 g/mol. The predicted octanol–water partition coefficient (Wildman–Crippen LogP) is 3.64. The molecule has 9 heteroatoms. The van der Waals surface area contributed by atoms with Crippen LogP contribution in [0.4, 0.5) is 16.2 Å². The summed E-state index contributed by atoms with van der Waals surface area (Å²) in [6.45, 7) is 5.85. The van der Waals surface area contributed by atoms with Gasteiger partial charge in [-0.2, -0.15) is 4.79 Å². The molecule has 0 atom stereocenters. The Kier molecular flexibility index (Phi) is 6.66. The number of ether oxygens (including phenoxy) is 1. The molecule has 2 amide bonds. The summed E-state index contributed by atoms with van der Waals surface area (Å²) in [5.74, 6) is 0.672. The van der Waals surface area contributed by atoms with E-state index in [9.17, 15) is 13.2 Å². The highest BCUT2D eigenvalue weighted by atomic mass is 32.2. The van der Waals surface area contributed by atoms with Crippen molar-refractivity contribution in [3.05, 3.63) is 78.1 Å². The third-order valence-electron chi connectivity index (χ3n) is 4.45. The van der Waals surface area contributed by atoms with E-state index in [1.54, 1.807) is 43.8 Å². The average Bonchev–Trinajstić information content (AvgIpc) is 2.74. The van der Waals surface area contributed by atoms with Gasteiger partial charge in [-0.25, -0.2) is 18.3 Å². The van der Waals surface area contributed by atoms with Gasteiger partial charge in [0.05, 0.1) is 18.7 Å². The minimum atomic E-state index is -3.79. The Labute approximate surface area is 181 Å². The Morgan fingerprint density at radius 1 is 1.13 bits per heavy atom. The van der Waals surface area contributed by atoms with E-state index in [0.29, 0.717) is 17.1 Å². The summed E-state index contributed by atoms with van der Waals surface area (Å²) in [4.78, 5) is 16.4. The Hall–Kier alpha value is -3.72. The second-order valence-corrected chi connectivity index (χ2v) is 8.49. The quantitative estimate of drug-likeness (QED) is 0.432. The summed E-state index contributed by atoms with van der Waals surface area (Å²) in [6, 6.07) is 14.1. The van der Waals surface area contributed by atoms with E-state index in [2.05, 4.69) is 21.7 Å². The molecule has 0 saturated heterocycles. The lowest BCUT2D eigenvalue weighted by Crippen LogP contribution is -2.24. The van der Waals surface area contributed by atoms with Crippen molar-refractivity contribution in [1.29, 1.82) is 0 Å². The molecule has 0 radical (unpaired) electrons. The van der Waals surface area contributed by atoms with Crippen LogP contribution in [0.1, 0.15) is 11.1 Å². The number of aryl methyl sites for hydroxylation is 1. The maximum Gasteiger partial charge on any atom is 0.495 e. The first kappa shape index (κ1) is 22.0. The highest BCUT2D eigenvalue weighted by molar-refractivity contribution is 7.92. The molecule has 2 N–H and O–H groups in total. The van der Waals surface area contributed by atoms with Gasteiger partial charge in [-0.1, -0.05) is 6.07 Å². The largest absolute Gasteiger partial charge is 0.496 e. The summed E-state index contributed by atoms with van der Waals surface area (Å²) in [6.07, 6.45) is 3.31. The fraction of sp³-hybridized carbons (Fsp3) is 0.136. The second-order valence-electron chi connectivity index (χ2n) is 6.80. The maximum absolute atomic E-state index is 12.7. The van der Waals surface area contributed by atoms with E-state index in [1.165, 1.54) is 28.8 Å². The van der Waals surface area contributed by atoms with Crippen LogP contribution in [-0.2, 0) is 16.6 Å². The Morgan fingerprint density at radius 3 is 2.45 bits per heavy atom. The number of sulfonamides is 1. The summed E-state index contributed by atoms with van der Waals surface area (Å²) in [7, 11) is -2.23. The van der Waals surface area contributed by atoms with Gasteiger partial charge in [0.25, 0.3) is 10.0 Å². The molecule has 1 aromatic heterocycles. The van der Waals surface area contributed by atoms with Gasteiger partial charge >= 0.3 is 6.03 Å². The number of rotatable bonds is 7. The van der Waals surface area contributed by atoms with Crippen molar-refractivity contribution >= 4 is 34.1 Å². The first-order valence-corrected chi connectivity index (χ1v) is 10.8. The van der Waals surface area contributed by atoms with Gasteiger partial charge in [0.1, 0.15) is 18.0 Å². The van der Waals surface area contributed by atoms with Gasteiger partial charge in [0.15, 0.2) is 0 Å². The molecule has 31 heavy (non-hydrogen) atoms. The van der Waals surface area contributed by atoms with E-state index in [-0.39, 0.29) is 11.4 Å². The molecular formula is C22H23N4O4S+. The van der Waals surface area contributed by atoms with Crippen molar-refractivity contribution in [2.75, 3.05) is 17.1 Å². The summed E-state index contributed by atoms with van der Waals surface area (Å²) in [5, 5.41) is 2.69. The molecule has 3 aromatic rings. The highest BCUT2D eigenvalue weighted by Gasteiger charge is 2.18. The molecule has 2 aromatic carbocycles. The lowest BCUT2D eigenvalue weighted by Gasteiger charge is -2.11. The zero-order valence-corrected chi connectivity index (χ0v) is 18.0. The van der Waals surface area contributed by atoms with Crippen molar-refractivity contribution in [2.45, 2.75) is 18.4 Å². The zero-order chi connectivity index (χ0) is 22.4. The molecule has 1 heterocycles. The van der Waals surface area contributed by atoms with Gasteiger partial charge in [-0.05, 0) is 61.0 Å². The van der Waals surface area contributed by atoms with Crippen LogP contribution in [0.25, 0.3) is 0 Å². The number of methoxy groups -OCH3 is 1. The number of hydrogen-bond donors (Lipinski definition) is 2. The van der Waals surface area contributed by atoms with Gasteiger partial charge < -0.3 is 4.74 Å². The van der Waals surface area contributed by atoms with Crippen LogP contribution in [0.3, 0.4) is 0 Å². The van der Waals surface area contributed by atoms with Crippen LogP contribution in [0, 0.1) is 6.92 Å². The van der Waals surface area contributed by atoms with Crippen molar-refractivity contribution in [3.63, 3.8) is 0 Å². The summed E-state index contributed by atoms with van der Waals surface area (Å²) >= 11 is 0. The third kappa shape index (κ3) is 5.67. The summed E-state index contributed by atoms with van der Waals surface area (Å²) < 4.78 is 34.3. The molecule has 0 bridgehead atoms. The number of anilines is 2. The fourth-order valence-electron chi connectivity index (χ4n) is 2.86. The van der Waals surface area contributed by atoms with E-state index in [1.807, 2.05) is 13.0 Å². The maximum atomic E-state index is 12.7. The van der Waals surface area contributed by atoms with Crippen molar-refractivity contribution in [2.24, 2.45) is 0 Å². The number of amides is 2. The topological polar surface area (TPSA) is 100 Å². The number of carbonyl (C=O) groups is 1. The molecule has 8 nitrogen and oxygen atoms in total. The van der Waals surface area contributed by atoms with E-state index < -0.39 is 16.1 Å². The Balaban J connectivity index is 1.65. The number of pyridine rings is 1. The van der Waals surface area contributed by atoms with Crippen molar-refractivity contribution in [1.82, 2.24) is 4.98 Å². The monoisotopic (exact) mass is 439 g/mol. The third-order valence-corrected chi connectivity index (χ3v) is 5.84. The van der Waals surface area contributed by atoms with E-state index in [0.717, 1.165) is 11.1 Å². The van der Waals surface area contributed by atoms with Gasteiger partial charge in [-0.15, -0.1) is 0 Å². The number of nitrogens with one attached hydrogen (secondary N) is 2. The normalized spacial score (nSPS) is 10.9. The van der Waals surface area contributed by atoms with Crippen LogP contribution < -0.4 is 14.8 Å². The molecule has 3 rings (SSSR count). The van der Waals surface area contributed by atoms with Crippen LogP contribution in [-0.4, -0.2) is 37.8 Å². The Bertz CT molecular complexity index is 1190. The number of nitrogens with zero attached hydrogens (tertiary/aromatic N) is 2. The van der Waals surface area contributed by atoms with Crippen LogP contribution in [0.5, 0.6) is 5.75 Å².